The topological polar surface area (TPSA) is 72.3 Å². The Balaban J connectivity index is 2.13. The number of hydrogen-bond acceptors (Lipinski definition) is 3. The van der Waals surface area contributed by atoms with Crippen LogP contribution in [0.15, 0.2) is 24.3 Å². The second-order valence-electron chi connectivity index (χ2n) is 5.30. The zero-order chi connectivity index (χ0) is 14.5. The van der Waals surface area contributed by atoms with Crippen molar-refractivity contribution in [2.24, 2.45) is 11.5 Å². The molecule has 4 N–H and O–H groups in total. The largest absolute Gasteiger partial charge is 0.368 e. The van der Waals surface area contributed by atoms with Gasteiger partial charge in [-0.1, -0.05) is 24.3 Å². The molecule has 1 aliphatic rings. The number of piperidine rings is 1. The molecule has 1 unspecified atom stereocenters. The van der Waals surface area contributed by atoms with Gasteiger partial charge in [0.2, 0.25) is 5.91 Å². The van der Waals surface area contributed by atoms with Crippen molar-refractivity contribution < 1.29 is 9.18 Å². The highest BCUT2D eigenvalue weighted by atomic mass is 19.1. The molecular weight excluding hydrogens is 257 g/mol. The van der Waals surface area contributed by atoms with Crippen LogP contribution >= 0.6 is 0 Å². The Hall–Kier alpha value is -1.46. The van der Waals surface area contributed by atoms with Crippen molar-refractivity contribution >= 4 is 5.91 Å². The van der Waals surface area contributed by atoms with Crippen LogP contribution < -0.4 is 11.5 Å². The van der Waals surface area contributed by atoms with E-state index in [-0.39, 0.29) is 5.91 Å². The summed E-state index contributed by atoms with van der Waals surface area (Å²) in [5.74, 6) is -0.381. The van der Waals surface area contributed by atoms with E-state index in [1.807, 2.05) is 29.2 Å². The molecule has 0 saturated carbocycles. The summed E-state index contributed by atoms with van der Waals surface area (Å²) in [4.78, 5) is 13.7. The second kappa shape index (κ2) is 6.81. The maximum Gasteiger partial charge on any atom is 0.239 e. The molecule has 1 aromatic carbocycles. The average molecular weight is 279 g/mol. The lowest BCUT2D eigenvalue weighted by Gasteiger charge is -2.34. The summed E-state index contributed by atoms with van der Waals surface area (Å²) in [6.45, 7) is 1.74. The molecule has 1 fully saturated rings. The Morgan fingerprint density at radius 3 is 2.40 bits per heavy atom. The van der Waals surface area contributed by atoms with Crippen LogP contribution in [0.1, 0.15) is 30.0 Å². The molecular formula is C15H22FN3O. The maximum atomic E-state index is 13.2. The van der Waals surface area contributed by atoms with Crippen molar-refractivity contribution in [1.82, 2.24) is 4.90 Å². The SMILES string of the molecule is NCCc1ccc(C(C(N)=O)N2CCC(F)CC2)cc1. The van der Waals surface area contributed by atoms with Crippen molar-refractivity contribution in [2.45, 2.75) is 31.5 Å². The van der Waals surface area contributed by atoms with Crippen LogP contribution in [0.3, 0.4) is 0 Å². The molecule has 0 bridgehead atoms. The minimum atomic E-state index is -0.758. The number of primary amides is 1. The Morgan fingerprint density at radius 1 is 1.30 bits per heavy atom. The minimum Gasteiger partial charge on any atom is -0.368 e. The fraction of sp³-hybridized carbons (Fsp3) is 0.533. The van der Waals surface area contributed by atoms with Gasteiger partial charge < -0.3 is 11.5 Å². The molecule has 1 saturated heterocycles. The van der Waals surface area contributed by atoms with E-state index in [0.717, 1.165) is 17.5 Å². The summed E-state index contributed by atoms with van der Waals surface area (Å²) in [6, 6.07) is 7.32. The molecule has 1 aliphatic heterocycles. The van der Waals surface area contributed by atoms with E-state index in [0.29, 0.717) is 32.5 Å². The van der Waals surface area contributed by atoms with Gasteiger partial charge >= 0.3 is 0 Å². The number of amides is 1. The normalized spacial score (nSPS) is 18.9. The molecule has 0 spiro atoms. The number of carbonyl (C=O) groups is 1. The zero-order valence-corrected chi connectivity index (χ0v) is 11.6. The number of rotatable bonds is 5. The minimum absolute atomic E-state index is 0.381. The van der Waals surface area contributed by atoms with Gasteiger partial charge in [-0.3, -0.25) is 9.69 Å². The van der Waals surface area contributed by atoms with Crippen molar-refractivity contribution in [3.05, 3.63) is 35.4 Å². The van der Waals surface area contributed by atoms with Gasteiger partial charge in [0.25, 0.3) is 0 Å². The number of alkyl halides is 1. The summed E-state index contributed by atoms with van der Waals surface area (Å²) in [7, 11) is 0. The van der Waals surface area contributed by atoms with Crippen LogP contribution in [0, 0.1) is 0 Å². The first kappa shape index (κ1) is 14.9. The van der Waals surface area contributed by atoms with E-state index in [1.54, 1.807) is 0 Å². The lowest BCUT2D eigenvalue weighted by atomic mass is 9.99. The molecule has 0 radical (unpaired) electrons. The van der Waals surface area contributed by atoms with Gasteiger partial charge in [0, 0.05) is 13.1 Å². The first-order valence-corrected chi connectivity index (χ1v) is 7.08. The Morgan fingerprint density at radius 2 is 1.90 bits per heavy atom. The highest BCUT2D eigenvalue weighted by molar-refractivity contribution is 5.81. The smallest absolute Gasteiger partial charge is 0.239 e. The van der Waals surface area contributed by atoms with Crippen molar-refractivity contribution in [3.63, 3.8) is 0 Å². The van der Waals surface area contributed by atoms with Gasteiger partial charge in [-0.2, -0.15) is 0 Å². The summed E-state index contributed by atoms with van der Waals surface area (Å²) in [5, 5.41) is 0. The van der Waals surface area contributed by atoms with Gasteiger partial charge in [0.05, 0.1) is 0 Å². The molecule has 1 aromatic rings. The third-order valence-corrected chi connectivity index (χ3v) is 3.82. The van der Waals surface area contributed by atoms with E-state index in [1.165, 1.54) is 0 Å². The zero-order valence-electron chi connectivity index (χ0n) is 11.6. The van der Waals surface area contributed by atoms with E-state index in [2.05, 4.69) is 0 Å². The lowest BCUT2D eigenvalue weighted by molar-refractivity contribution is -0.124. The van der Waals surface area contributed by atoms with Gasteiger partial charge in [-0.15, -0.1) is 0 Å². The van der Waals surface area contributed by atoms with Crippen LogP contribution in [0.2, 0.25) is 0 Å². The summed E-state index contributed by atoms with van der Waals surface area (Å²) in [5.41, 5.74) is 13.1. The van der Waals surface area contributed by atoms with Crippen LogP contribution in [-0.2, 0) is 11.2 Å². The number of carbonyl (C=O) groups excluding carboxylic acids is 1. The highest BCUT2D eigenvalue weighted by Gasteiger charge is 2.29. The fourth-order valence-corrected chi connectivity index (χ4v) is 2.71. The predicted molar refractivity (Wildman–Crippen MR) is 76.8 cm³/mol. The van der Waals surface area contributed by atoms with Crippen LogP contribution in [0.5, 0.6) is 0 Å². The van der Waals surface area contributed by atoms with Crippen LogP contribution in [-0.4, -0.2) is 36.6 Å². The molecule has 0 aliphatic carbocycles. The number of likely N-dealkylation sites (tertiary alicyclic amines) is 1. The average Bonchev–Trinajstić information content (AvgIpc) is 2.43. The number of benzene rings is 1. The summed E-state index contributed by atoms with van der Waals surface area (Å²) >= 11 is 0. The first-order chi connectivity index (χ1) is 9.61. The quantitative estimate of drug-likeness (QED) is 0.849. The van der Waals surface area contributed by atoms with Gasteiger partial charge in [0.15, 0.2) is 0 Å². The van der Waals surface area contributed by atoms with Gasteiger partial charge in [-0.25, -0.2) is 4.39 Å². The highest BCUT2D eigenvalue weighted by Crippen LogP contribution is 2.25. The summed E-state index contributed by atoms with van der Waals surface area (Å²) < 4.78 is 13.2. The van der Waals surface area contributed by atoms with E-state index < -0.39 is 12.2 Å². The fourth-order valence-electron chi connectivity index (χ4n) is 2.71. The molecule has 0 aromatic heterocycles. The van der Waals surface area contributed by atoms with Crippen LogP contribution in [0.25, 0.3) is 0 Å². The Bertz CT molecular complexity index is 441. The molecule has 110 valence electrons. The molecule has 1 atom stereocenters. The van der Waals surface area contributed by atoms with Gasteiger partial charge in [-0.05, 0) is 36.9 Å². The van der Waals surface area contributed by atoms with E-state index in [4.69, 9.17) is 11.5 Å². The third-order valence-electron chi connectivity index (χ3n) is 3.82. The Labute approximate surface area is 118 Å². The Kier molecular flexibility index (Phi) is 5.09. The van der Waals surface area contributed by atoms with Crippen LogP contribution in [0.4, 0.5) is 4.39 Å². The standard InChI is InChI=1S/C15H22FN3O/c16-13-6-9-19(10-7-13)14(15(18)20)12-3-1-11(2-4-12)5-8-17/h1-4,13-14H,5-10,17H2,(H2,18,20). The number of nitrogens with zero attached hydrogens (tertiary/aromatic N) is 1. The van der Waals surface area contributed by atoms with E-state index >= 15 is 0 Å². The molecule has 5 heteroatoms. The molecule has 1 amide bonds. The third kappa shape index (κ3) is 3.55. The molecule has 20 heavy (non-hydrogen) atoms. The number of hydrogen-bond donors (Lipinski definition) is 2. The van der Waals surface area contributed by atoms with Gasteiger partial charge in [0.1, 0.15) is 12.2 Å². The maximum absolute atomic E-state index is 13.2. The number of nitrogens with two attached hydrogens (primary N) is 2. The molecule has 1 heterocycles. The molecule has 2 rings (SSSR count). The number of halogens is 1. The van der Waals surface area contributed by atoms with Crippen molar-refractivity contribution in [1.29, 1.82) is 0 Å². The second-order valence-corrected chi connectivity index (χ2v) is 5.30. The first-order valence-electron chi connectivity index (χ1n) is 7.08. The predicted octanol–water partition coefficient (Wildman–Crippen LogP) is 1.15. The lowest BCUT2D eigenvalue weighted by Crippen LogP contribution is -2.42. The monoisotopic (exact) mass is 279 g/mol. The van der Waals surface area contributed by atoms with Crippen molar-refractivity contribution in [3.8, 4) is 0 Å². The van der Waals surface area contributed by atoms with E-state index in [9.17, 15) is 9.18 Å². The molecule has 4 nitrogen and oxygen atoms in total. The summed E-state index contributed by atoms with van der Waals surface area (Å²) in [6.07, 6.45) is 0.991. The van der Waals surface area contributed by atoms with Crippen molar-refractivity contribution in [2.75, 3.05) is 19.6 Å².